The van der Waals surface area contributed by atoms with Crippen LogP contribution >= 0.6 is 0 Å². The normalized spacial score (nSPS) is 20.2. The third kappa shape index (κ3) is 2.91. The summed E-state index contributed by atoms with van der Waals surface area (Å²) in [5.74, 6) is 0.146. The number of hydrogen-bond acceptors (Lipinski definition) is 4. The predicted octanol–water partition coefficient (Wildman–Crippen LogP) is 1.69. The van der Waals surface area contributed by atoms with Gasteiger partial charge in [0.25, 0.3) is 10.0 Å². The molecule has 22 heavy (non-hydrogen) atoms. The van der Waals surface area contributed by atoms with Gasteiger partial charge in [-0.2, -0.15) is 4.31 Å². The second-order valence-electron chi connectivity index (χ2n) is 5.84. The van der Waals surface area contributed by atoms with Crippen molar-refractivity contribution in [3.63, 3.8) is 0 Å². The van der Waals surface area contributed by atoms with Crippen molar-refractivity contribution in [2.75, 3.05) is 13.1 Å². The molecule has 1 aliphatic heterocycles. The van der Waals surface area contributed by atoms with Gasteiger partial charge < -0.3 is 4.57 Å². The highest BCUT2D eigenvalue weighted by Gasteiger charge is 2.32. The van der Waals surface area contributed by atoms with Gasteiger partial charge in [-0.3, -0.25) is 4.98 Å². The lowest BCUT2D eigenvalue weighted by molar-refractivity contribution is 0.312. The molecule has 3 heterocycles. The van der Waals surface area contributed by atoms with Crippen molar-refractivity contribution in [2.24, 2.45) is 7.05 Å². The van der Waals surface area contributed by atoms with Crippen LogP contribution in [0.3, 0.4) is 0 Å². The van der Waals surface area contributed by atoms with Gasteiger partial charge in [0.1, 0.15) is 0 Å². The minimum Gasteiger partial charge on any atom is -0.339 e. The Morgan fingerprint density at radius 1 is 1.27 bits per heavy atom. The average Bonchev–Trinajstić information content (AvgIpc) is 2.95. The number of aryl methyl sites for hydroxylation is 2. The number of sulfonamides is 1. The second kappa shape index (κ2) is 5.81. The number of nitrogens with zero attached hydrogens (tertiary/aromatic N) is 4. The van der Waals surface area contributed by atoms with Gasteiger partial charge in [0, 0.05) is 44.1 Å². The Morgan fingerprint density at radius 3 is 2.73 bits per heavy atom. The quantitative estimate of drug-likeness (QED) is 0.863. The van der Waals surface area contributed by atoms with Crippen LogP contribution in [-0.2, 0) is 17.1 Å². The van der Waals surface area contributed by atoms with E-state index in [-0.39, 0.29) is 10.9 Å². The van der Waals surface area contributed by atoms with E-state index in [1.807, 2.05) is 25.3 Å². The Balaban J connectivity index is 1.82. The monoisotopic (exact) mass is 320 g/mol. The van der Waals surface area contributed by atoms with Crippen LogP contribution in [0.1, 0.15) is 30.0 Å². The number of hydrogen-bond donors (Lipinski definition) is 0. The summed E-state index contributed by atoms with van der Waals surface area (Å²) in [6.07, 6.45) is 6.69. The summed E-state index contributed by atoms with van der Waals surface area (Å²) >= 11 is 0. The third-order valence-corrected chi connectivity index (χ3v) is 5.77. The zero-order valence-corrected chi connectivity index (χ0v) is 13.6. The second-order valence-corrected chi connectivity index (χ2v) is 7.72. The lowest BCUT2D eigenvalue weighted by Gasteiger charge is -2.31. The van der Waals surface area contributed by atoms with Crippen molar-refractivity contribution < 1.29 is 8.42 Å². The van der Waals surface area contributed by atoms with Gasteiger partial charge in [-0.05, 0) is 31.4 Å². The Bertz CT molecular complexity index is 752. The molecule has 0 aliphatic carbocycles. The SMILES string of the molecule is Cc1ccc(C2CCCN(S(=O)(=O)c3cn(C)cn3)C2)nc1. The third-order valence-electron chi connectivity index (χ3n) is 4.02. The molecule has 0 saturated carbocycles. The van der Waals surface area contributed by atoms with Crippen molar-refractivity contribution in [3.05, 3.63) is 42.1 Å². The smallest absolute Gasteiger partial charge is 0.262 e. The maximum absolute atomic E-state index is 12.7. The summed E-state index contributed by atoms with van der Waals surface area (Å²) in [5, 5.41) is 0.118. The molecule has 1 fully saturated rings. The molecule has 0 N–H and O–H groups in total. The predicted molar refractivity (Wildman–Crippen MR) is 82.9 cm³/mol. The van der Waals surface area contributed by atoms with Crippen LogP contribution in [0.2, 0.25) is 0 Å². The van der Waals surface area contributed by atoms with Crippen molar-refractivity contribution in [1.82, 2.24) is 18.8 Å². The molecule has 3 rings (SSSR count). The van der Waals surface area contributed by atoms with Crippen LogP contribution in [0.15, 0.2) is 35.9 Å². The van der Waals surface area contributed by atoms with Gasteiger partial charge in [0.2, 0.25) is 0 Å². The van der Waals surface area contributed by atoms with E-state index in [0.717, 1.165) is 24.1 Å². The van der Waals surface area contributed by atoms with Crippen LogP contribution in [0.5, 0.6) is 0 Å². The van der Waals surface area contributed by atoms with E-state index in [0.29, 0.717) is 13.1 Å². The molecule has 0 amide bonds. The number of aromatic nitrogens is 3. The zero-order valence-electron chi connectivity index (χ0n) is 12.8. The fraction of sp³-hybridized carbons (Fsp3) is 0.467. The summed E-state index contributed by atoms with van der Waals surface area (Å²) in [7, 11) is -1.75. The molecule has 0 spiro atoms. The van der Waals surface area contributed by atoms with Crippen molar-refractivity contribution in [1.29, 1.82) is 0 Å². The van der Waals surface area contributed by atoms with E-state index in [9.17, 15) is 8.42 Å². The molecule has 1 saturated heterocycles. The summed E-state index contributed by atoms with van der Waals surface area (Å²) in [4.78, 5) is 8.44. The van der Waals surface area contributed by atoms with Gasteiger partial charge in [0.15, 0.2) is 5.03 Å². The molecular formula is C15H20N4O2S. The van der Waals surface area contributed by atoms with Crippen molar-refractivity contribution >= 4 is 10.0 Å². The lowest BCUT2D eigenvalue weighted by Crippen LogP contribution is -2.39. The van der Waals surface area contributed by atoms with Gasteiger partial charge in [-0.25, -0.2) is 13.4 Å². The van der Waals surface area contributed by atoms with E-state index >= 15 is 0 Å². The van der Waals surface area contributed by atoms with Gasteiger partial charge >= 0.3 is 0 Å². The molecule has 0 radical (unpaired) electrons. The fourth-order valence-electron chi connectivity index (χ4n) is 2.78. The van der Waals surface area contributed by atoms with E-state index in [4.69, 9.17) is 0 Å². The summed E-state index contributed by atoms with van der Waals surface area (Å²) < 4.78 is 28.5. The number of rotatable bonds is 3. The van der Waals surface area contributed by atoms with E-state index in [1.165, 1.54) is 10.6 Å². The number of imidazole rings is 1. The van der Waals surface area contributed by atoms with Crippen LogP contribution < -0.4 is 0 Å². The highest BCUT2D eigenvalue weighted by atomic mass is 32.2. The molecular weight excluding hydrogens is 300 g/mol. The number of piperidine rings is 1. The van der Waals surface area contributed by atoms with Crippen molar-refractivity contribution in [2.45, 2.75) is 30.7 Å². The lowest BCUT2D eigenvalue weighted by atomic mass is 9.95. The van der Waals surface area contributed by atoms with Crippen LogP contribution in [0, 0.1) is 6.92 Å². The van der Waals surface area contributed by atoms with E-state index < -0.39 is 10.0 Å². The first-order valence-corrected chi connectivity index (χ1v) is 8.81. The Kier molecular flexibility index (Phi) is 4.01. The molecule has 118 valence electrons. The molecule has 0 bridgehead atoms. The van der Waals surface area contributed by atoms with Crippen molar-refractivity contribution in [3.8, 4) is 0 Å². The minimum absolute atomic E-state index is 0.118. The molecule has 7 heteroatoms. The van der Waals surface area contributed by atoms with E-state index in [2.05, 4.69) is 9.97 Å². The highest BCUT2D eigenvalue weighted by molar-refractivity contribution is 7.89. The highest BCUT2D eigenvalue weighted by Crippen LogP contribution is 2.28. The van der Waals surface area contributed by atoms with Gasteiger partial charge in [-0.15, -0.1) is 0 Å². The maximum atomic E-state index is 12.7. The largest absolute Gasteiger partial charge is 0.339 e. The minimum atomic E-state index is -3.52. The maximum Gasteiger partial charge on any atom is 0.262 e. The van der Waals surface area contributed by atoms with Gasteiger partial charge in [0.05, 0.1) is 6.33 Å². The molecule has 2 aromatic heterocycles. The zero-order chi connectivity index (χ0) is 15.7. The molecule has 2 aromatic rings. The van der Waals surface area contributed by atoms with E-state index in [1.54, 1.807) is 17.8 Å². The van der Waals surface area contributed by atoms with Crippen LogP contribution in [-0.4, -0.2) is 40.3 Å². The number of pyridine rings is 1. The fourth-order valence-corrected chi connectivity index (χ4v) is 4.27. The first kappa shape index (κ1) is 15.2. The first-order chi connectivity index (χ1) is 10.5. The molecule has 1 unspecified atom stereocenters. The standard InChI is InChI=1S/C15H20N4O2S/c1-12-5-6-14(16-8-12)13-4-3-7-19(9-13)22(20,21)15-10-18(2)11-17-15/h5-6,8,10-11,13H,3-4,7,9H2,1-2H3. The Hall–Kier alpha value is -1.73. The topological polar surface area (TPSA) is 68.1 Å². The van der Waals surface area contributed by atoms with Crippen LogP contribution in [0.25, 0.3) is 0 Å². The Morgan fingerprint density at radius 2 is 2.09 bits per heavy atom. The molecule has 1 aliphatic rings. The molecule has 1 atom stereocenters. The van der Waals surface area contributed by atoms with Crippen LogP contribution in [0.4, 0.5) is 0 Å². The Labute approximate surface area is 130 Å². The summed E-state index contributed by atoms with van der Waals surface area (Å²) in [6, 6.07) is 4.02. The summed E-state index contributed by atoms with van der Waals surface area (Å²) in [6.45, 7) is 3.01. The summed E-state index contributed by atoms with van der Waals surface area (Å²) in [5.41, 5.74) is 2.07. The van der Waals surface area contributed by atoms with Gasteiger partial charge in [-0.1, -0.05) is 6.07 Å². The first-order valence-electron chi connectivity index (χ1n) is 7.37. The molecule has 0 aromatic carbocycles. The average molecular weight is 320 g/mol. The molecule has 6 nitrogen and oxygen atoms in total.